The summed E-state index contributed by atoms with van der Waals surface area (Å²) in [5, 5.41) is 16.4. The van der Waals surface area contributed by atoms with Crippen molar-refractivity contribution in [1.29, 1.82) is 0 Å². The van der Waals surface area contributed by atoms with Crippen LogP contribution in [-0.2, 0) is 6.54 Å². The first-order chi connectivity index (χ1) is 10.2. The SMILES string of the molecule is CC(NCc1csc(=O)[nH]1)c1cccc(-n2cnnn2)c1. The minimum atomic E-state index is -0.0277. The Labute approximate surface area is 124 Å². The van der Waals surface area contributed by atoms with Gasteiger partial charge in [-0.05, 0) is 35.0 Å². The van der Waals surface area contributed by atoms with E-state index in [1.165, 1.54) is 11.3 Å². The fourth-order valence-electron chi connectivity index (χ4n) is 2.00. The van der Waals surface area contributed by atoms with Gasteiger partial charge in [-0.15, -0.1) is 5.10 Å². The normalized spacial score (nSPS) is 12.4. The Balaban J connectivity index is 1.71. The molecule has 2 N–H and O–H groups in total. The number of tetrazole rings is 1. The van der Waals surface area contributed by atoms with E-state index in [-0.39, 0.29) is 10.9 Å². The van der Waals surface area contributed by atoms with Crippen LogP contribution in [-0.4, -0.2) is 25.2 Å². The van der Waals surface area contributed by atoms with Gasteiger partial charge in [0.25, 0.3) is 0 Å². The van der Waals surface area contributed by atoms with Crippen molar-refractivity contribution in [2.75, 3.05) is 0 Å². The number of benzene rings is 1. The number of hydrogen-bond donors (Lipinski definition) is 2. The van der Waals surface area contributed by atoms with Crippen molar-refractivity contribution in [3.05, 3.63) is 56.9 Å². The molecule has 0 saturated heterocycles. The maximum atomic E-state index is 11.1. The molecule has 8 heteroatoms. The van der Waals surface area contributed by atoms with Gasteiger partial charge in [0.1, 0.15) is 6.33 Å². The number of hydrogen-bond acceptors (Lipinski definition) is 6. The van der Waals surface area contributed by atoms with E-state index in [2.05, 4.69) is 32.7 Å². The summed E-state index contributed by atoms with van der Waals surface area (Å²) in [5.74, 6) is 0. The van der Waals surface area contributed by atoms with Crippen LogP contribution in [0.1, 0.15) is 24.2 Å². The first kappa shape index (κ1) is 13.7. The van der Waals surface area contributed by atoms with Crippen LogP contribution in [0.5, 0.6) is 0 Å². The molecule has 1 unspecified atom stereocenters. The molecule has 0 bridgehead atoms. The topological polar surface area (TPSA) is 88.5 Å². The fraction of sp³-hybridized carbons (Fsp3) is 0.231. The monoisotopic (exact) mass is 302 g/mol. The Hall–Kier alpha value is -2.32. The molecule has 3 aromatic rings. The highest BCUT2D eigenvalue weighted by atomic mass is 32.1. The average Bonchev–Trinajstić information content (AvgIpc) is 3.16. The van der Waals surface area contributed by atoms with Crippen molar-refractivity contribution in [2.45, 2.75) is 19.5 Å². The molecule has 7 nitrogen and oxygen atoms in total. The quantitative estimate of drug-likeness (QED) is 0.741. The van der Waals surface area contributed by atoms with Crippen LogP contribution in [0.3, 0.4) is 0 Å². The summed E-state index contributed by atoms with van der Waals surface area (Å²) in [4.78, 5) is 13.9. The summed E-state index contributed by atoms with van der Waals surface area (Å²) in [6.45, 7) is 2.69. The van der Waals surface area contributed by atoms with Crippen LogP contribution < -0.4 is 10.2 Å². The van der Waals surface area contributed by atoms with Gasteiger partial charge >= 0.3 is 4.87 Å². The number of aromatic nitrogens is 5. The summed E-state index contributed by atoms with van der Waals surface area (Å²) in [7, 11) is 0. The Morgan fingerprint density at radius 3 is 3.10 bits per heavy atom. The average molecular weight is 302 g/mol. The van der Waals surface area contributed by atoms with Crippen LogP contribution in [0, 0.1) is 0 Å². The number of nitrogens with zero attached hydrogens (tertiary/aromatic N) is 4. The van der Waals surface area contributed by atoms with Crippen LogP contribution >= 0.6 is 11.3 Å². The molecule has 0 fully saturated rings. The molecular formula is C13H14N6OS. The van der Waals surface area contributed by atoms with Crippen molar-refractivity contribution >= 4 is 11.3 Å². The lowest BCUT2D eigenvalue weighted by Crippen LogP contribution is -2.19. The summed E-state index contributed by atoms with van der Waals surface area (Å²) in [6.07, 6.45) is 1.56. The lowest BCUT2D eigenvalue weighted by atomic mass is 10.1. The van der Waals surface area contributed by atoms with Crippen LogP contribution in [0.2, 0.25) is 0 Å². The van der Waals surface area contributed by atoms with Gasteiger partial charge in [0, 0.05) is 23.7 Å². The first-order valence-electron chi connectivity index (χ1n) is 6.46. The molecule has 108 valence electrons. The Kier molecular flexibility index (Phi) is 3.89. The molecule has 1 aromatic carbocycles. The molecule has 0 radical (unpaired) electrons. The van der Waals surface area contributed by atoms with Gasteiger partial charge in [0.15, 0.2) is 0 Å². The van der Waals surface area contributed by atoms with E-state index in [1.54, 1.807) is 11.0 Å². The maximum absolute atomic E-state index is 11.1. The van der Waals surface area contributed by atoms with Crippen LogP contribution in [0.15, 0.2) is 40.8 Å². The molecule has 0 amide bonds. The third-order valence-electron chi connectivity index (χ3n) is 3.15. The van der Waals surface area contributed by atoms with E-state index >= 15 is 0 Å². The smallest absolute Gasteiger partial charge is 0.304 e. The van der Waals surface area contributed by atoms with E-state index in [9.17, 15) is 4.79 Å². The maximum Gasteiger partial charge on any atom is 0.304 e. The number of thiazole rings is 1. The number of nitrogens with one attached hydrogen (secondary N) is 2. The largest absolute Gasteiger partial charge is 0.315 e. The molecule has 0 spiro atoms. The Morgan fingerprint density at radius 2 is 2.38 bits per heavy atom. The van der Waals surface area contributed by atoms with Crippen molar-refractivity contribution in [3.63, 3.8) is 0 Å². The van der Waals surface area contributed by atoms with Crippen LogP contribution in [0.25, 0.3) is 5.69 Å². The van der Waals surface area contributed by atoms with Gasteiger partial charge in [-0.3, -0.25) is 4.79 Å². The third kappa shape index (κ3) is 3.23. The van der Waals surface area contributed by atoms with Gasteiger partial charge in [-0.1, -0.05) is 23.5 Å². The van der Waals surface area contributed by atoms with E-state index in [4.69, 9.17) is 0 Å². The van der Waals surface area contributed by atoms with Gasteiger partial charge in [-0.2, -0.15) is 0 Å². The lowest BCUT2D eigenvalue weighted by molar-refractivity contribution is 0.568. The van der Waals surface area contributed by atoms with Crippen molar-refractivity contribution in [1.82, 2.24) is 30.5 Å². The molecule has 0 aliphatic rings. The second-order valence-corrected chi connectivity index (χ2v) is 5.47. The van der Waals surface area contributed by atoms with E-state index in [0.29, 0.717) is 6.54 Å². The standard InChI is InChI=1S/C13H14N6OS/c1-9(14-6-11-7-21-13(20)16-11)10-3-2-4-12(5-10)19-8-15-17-18-19/h2-5,7-9,14H,6H2,1H3,(H,16,20). The molecular weight excluding hydrogens is 288 g/mol. The molecule has 2 heterocycles. The van der Waals surface area contributed by atoms with E-state index in [1.807, 2.05) is 29.6 Å². The number of aromatic amines is 1. The minimum Gasteiger partial charge on any atom is -0.315 e. The summed E-state index contributed by atoms with van der Waals surface area (Å²) in [6, 6.07) is 8.14. The zero-order chi connectivity index (χ0) is 14.7. The van der Waals surface area contributed by atoms with Gasteiger partial charge in [0.2, 0.25) is 0 Å². The van der Waals surface area contributed by atoms with Crippen molar-refractivity contribution in [2.24, 2.45) is 0 Å². The zero-order valence-corrected chi connectivity index (χ0v) is 12.2. The highest BCUT2D eigenvalue weighted by molar-refractivity contribution is 7.07. The fourth-order valence-corrected chi connectivity index (χ4v) is 2.58. The first-order valence-corrected chi connectivity index (χ1v) is 7.34. The highest BCUT2D eigenvalue weighted by Gasteiger charge is 2.07. The zero-order valence-electron chi connectivity index (χ0n) is 11.4. The molecule has 3 rings (SSSR count). The van der Waals surface area contributed by atoms with E-state index in [0.717, 1.165) is 16.9 Å². The Bertz CT molecular complexity index is 763. The molecule has 2 aromatic heterocycles. The summed E-state index contributed by atoms with van der Waals surface area (Å²) in [5.41, 5.74) is 2.93. The van der Waals surface area contributed by atoms with Gasteiger partial charge in [0.05, 0.1) is 5.69 Å². The highest BCUT2D eigenvalue weighted by Crippen LogP contribution is 2.16. The molecule has 0 aliphatic carbocycles. The van der Waals surface area contributed by atoms with Crippen molar-refractivity contribution < 1.29 is 0 Å². The number of rotatable bonds is 5. The summed E-state index contributed by atoms with van der Waals surface area (Å²) < 4.78 is 1.62. The lowest BCUT2D eigenvalue weighted by Gasteiger charge is -2.14. The van der Waals surface area contributed by atoms with E-state index < -0.39 is 0 Å². The molecule has 0 saturated carbocycles. The summed E-state index contributed by atoms with van der Waals surface area (Å²) >= 11 is 1.18. The van der Waals surface area contributed by atoms with Gasteiger partial charge in [-0.25, -0.2) is 4.68 Å². The Morgan fingerprint density at radius 1 is 1.48 bits per heavy atom. The predicted octanol–water partition coefficient (Wildman–Crippen LogP) is 1.26. The minimum absolute atomic E-state index is 0.0277. The second kappa shape index (κ2) is 5.98. The molecule has 1 atom stereocenters. The number of H-pyrrole nitrogens is 1. The molecule has 21 heavy (non-hydrogen) atoms. The van der Waals surface area contributed by atoms with Gasteiger partial charge < -0.3 is 10.3 Å². The van der Waals surface area contributed by atoms with Crippen LogP contribution in [0.4, 0.5) is 0 Å². The predicted molar refractivity (Wildman–Crippen MR) is 79.3 cm³/mol. The third-order valence-corrected chi connectivity index (χ3v) is 3.87. The van der Waals surface area contributed by atoms with Crippen molar-refractivity contribution in [3.8, 4) is 5.69 Å². The molecule has 0 aliphatic heterocycles. The second-order valence-electron chi connectivity index (χ2n) is 4.63.